The summed E-state index contributed by atoms with van der Waals surface area (Å²) in [6, 6.07) is 2.46. The highest BCUT2D eigenvalue weighted by Crippen LogP contribution is 2.33. The molecule has 4 N–H and O–H groups in total. The highest BCUT2D eigenvalue weighted by molar-refractivity contribution is 9.10. The first kappa shape index (κ1) is 13.1. The molecule has 4 nitrogen and oxygen atoms in total. The molecule has 1 saturated heterocycles. The lowest BCUT2D eigenvalue weighted by atomic mass is 10.0. The number of anilines is 2. The van der Waals surface area contributed by atoms with Crippen molar-refractivity contribution in [2.24, 2.45) is 5.73 Å². The van der Waals surface area contributed by atoms with E-state index in [1.807, 2.05) is 0 Å². The van der Waals surface area contributed by atoms with E-state index >= 15 is 0 Å². The number of nitrogens with zero attached hydrogens (tertiary/aromatic N) is 1. The summed E-state index contributed by atoms with van der Waals surface area (Å²) in [6.07, 6.45) is 2.58. The topological polar surface area (TPSA) is 72.4 Å². The van der Waals surface area contributed by atoms with E-state index in [1.165, 1.54) is 12.1 Å². The maximum Gasteiger partial charge on any atom is 0.240 e. The summed E-state index contributed by atoms with van der Waals surface area (Å²) < 4.78 is 13.9. The zero-order valence-electron chi connectivity index (χ0n) is 9.83. The number of carbonyl (C=O) groups is 1. The number of hydrogen-bond acceptors (Lipinski definition) is 3. The van der Waals surface area contributed by atoms with Gasteiger partial charge < -0.3 is 16.4 Å². The molecule has 2 rings (SSSR count). The molecule has 0 radical (unpaired) electrons. The normalized spacial score (nSPS) is 19.9. The first-order valence-electron chi connectivity index (χ1n) is 5.81. The Bertz CT molecular complexity index is 481. The van der Waals surface area contributed by atoms with Gasteiger partial charge >= 0.3 is 0 Å². The van der Waals surface area contributed by atoms with Gasteiger partial charge in [0.05, 0.1) is 15.8 Å². The highest BCUT2D eigenvalue weighted by Gasteiger charge is 2.28. The number of amides is 1. The Labute approximate surface area is 113 Å². The molecule has 0 aromatic heterocycles. The van der Waals surface area contributed by atoms with Gasteiger partial charge in [0.25, 0.3) is 0 Å². The molecule has 1 amide bonds. The average molecular weight is 316 g/mol. The quantitative estimate of drug-likeness (QED) is 0.820. The largest absolute Gasteiger partial charge is 0.397 e. The predicted octanol–water partition coefficient (Wildman–Crippen LogP) is 2.01. The summed E-state index contributed by atoms with van der Waals surface area (Å²) in [5, 5.41) is 0. The molecule has 1 aliphatic heterocycles. The molecule has 0 spiro atoms. The van der Waals surface area contributed by atoms with Crippen LogP contribution in [0.15, 0.2) is 16.6 Å². The van der Waals surface area contributed by atoms with Gasteiger partial charge in [0.15, 0.2) is 0 Å². The van der Waals surface area contributed by atoms with Crippen LogP contribution >= 0.6 is 15.9 Å². The summed E-state index contributed by atoms with van der Waals surface area (Å²) in [5.74, 6) is -0.787. The SMILES string of the molecule is NC(=O)C1CCCCN1c1cc(F)c(Br)cc1N. The molecule has 1 unspecified atom stereocenters. The van der Waals surface area contributed by atoms with Crippen LogP contribution in [0.2, 0.25) is 0 Å². The van der Waals surface area contributed by atoms with Crippen molar-refractivity contribution in [3.63, 3.8) is 0 Å². The van der Waals surface area contributed by atoms with Crippen LogP contribution in [-0.4, -0.2) is 18.5 Å². The second kappa shape index (κ2) is 5.14. The number of hydrogen-bond donors (Lipinski definition) is 2. The van der Waals surface area contributed by atoms with Crippen LogP contribution in [-0.2, 0) is 4.79 Å². The number of benzene rings is 1. The summed E-state index contributed by atoms with van der Waals surface area (Å²) in [4.78, 5) is 13.2. The summed E-state index contributed by atoms with van der Waals surface area (Å²) in [5.41, 5.74) is 12.3. The third kappa shape index (κ3) is 2.43. The van der Waals surface area contributed by atoms with Crippen LogP contribution in [0.4, 0.5) is 15.8 Å². The summed E-state index contributed by atoms with van der Waals surface area (Å²) in [6.45, 7) is 0.666. The van der Waals surface area contributed by atoms with E-state index in [2.05, 4.69) is 15.9 Å². The van der Waals surface area contributed by atoms with E-state index in [1.54, 1.807) is 4.90 Å². The van der Waals surface area contributed by atoms with Crippen molar-refractivity contribution in [2.75, 3.05) is 17.2 Å². The van der Waals surface area contributed by atoms with Gasteiger partial charge in [0, 0.05) is 12.6 Å². The molecule has 0 aliphatic carbocycles. The molecule has 1 aromatic rings. The molecule has 1 aliphatic rings. The van der Waals surface area contributed by atoms with Gasteiger partial charge in [-0.2, -0.15) is 0 Å². The Balaban J connectivity index is 2.39. The van der Waals surface area contributed by atoms with Crippen molar-refractivity contribution < 1.29 is 9.18 Å². The van der Waals surface area contributed by atoms with Gasteiger partial charge in [0.2, 0.25) is 5.91 Å². The number of piperidine rings is 1. The monoisotopic (exact) mass is 315 g/mol. The third-order valence-electron chi connectivity index (χ3n) is 3.21. The molecular weight excluding hydrogens is 301 g/mol. The number of carbonyl (C=O) groups excluding carboxylic acids is 1. The second-order valence-corrected chi connectivity index (χ2v) is 5.29. The van der Waals surface area contributed by atoms with Gasteiger partial charge in [-0.3, -0.25) is 4.79 Å². The molecule has 0 saturated carbocycles. The van der Waals surface area contributed by atoms with Crippen LogP contribution in [0.25, 0.3) is 0 Å². The van der Waals surface area contributed by atoms with E-state index in [0.717, 1.165) is 12.8 Å². The molecule has 18 heavy (non-hydrogen) atoms. The third-order valence-corrected chi connectivity index (χ3v) is 3.82. The standard InChI is InChI=1S/C12H15BrFN3O/c13-7-5-9(15)11(6-8(7)14)17-4-2-1-3-10(17)12(16)18/h5-6,10H,1-4,15H2,(H2,16,18). The Hall–Kier alpha value is -1.30. The molecule has 0 bridgehead atoms. The minimum atomic E-state index is -0.401. The molecule has 1 heterocycles. The van der Waals surface area contributed by atoms with E-state index in [9.17, 15) is 9.18 Å². The first-order valence-corrected chi connectivity index (χ1v) is 6.60. The van der Waals surface area contributed by atoms with E-state index < -0.39 is 17.8 Å². The smallest absolute Gasteiger partial charge is 0.240 e. The van der Waals surface area contributed by atoms with Crippen LogP contribution in [0.3, 0.4) is 0 Å². The fourth-order valence-corrected chi connectivity index (χ4v) is 2.68. The molecule has 1 aromatic carbocycles. The van der Waals surface area contributed by atoms with Gasteiger partial charge in [-0.25, -0.2) is 4.39 Å². The lowest BCUT2D eigenvalue weighted by molar-refractivity contribution is -0.119. The molecule has 1 atom stereocenters. The zero-order valence-corrected chi connectivity index (χ0v) is 11.4. The lowest BCUT2D eigenvalue weighted by Gasteiger charge is -2.36. The maximum atomic E-state index is 13.6. The van der Waals surface area contributed by atoms with Crippen molar-refractivity contribution in [1.29, 1.82) is 0 Å². The van der Waals surface area contributed by atoms with Crippen LogP contribution in [0.5, 0.6) is 0 Å². The Morgan fingerprint density at radius 2 is 2.17 bits per heavy atom. The minimum Gasteiger partial charge on any atom is -0.397 e. The molecular formula is C12H15BrFN3O. The van der Waals surface area contributed by atoms with Gasteiger partial charge in [-0.15, -0.1) is 0 Å². The number of rotatable bonds is 2. The van der Waals surface area contributed by atoms with Gasteiger partial charge in [-0.05, 0) is 41.3 Å². The van der Waals surface area contributed by atoms with Crippen LogP contribution in [0, 0.1) is 5.82 Å². The minimum absolute atomic E-state index is 0.316. The van der Waals surface area contributed by atoms with Crippen molar-refractivity contribution in [3.8, 4) is 0 Å². The van der Waals surface area contributed by atoms with Crippen LogP contribution in [0.1, 0.15) is 19.3 Å². The zero-order chi connectivity index (χ0) is 13.3. The Morgan fingerprint density at radius 1 is 1.44 bits per heavy atom. The number of primary amides is 1. The fraction of sp³-hybridized carbons (Fsp3) is 0.417. The predicted molar refractivity (Wildman–Crippen MR) is 72.7 cm³/mol. The lowest BCUT2D eigenvalue weighted by Crippen LogP contribution is -2.48. The molecule has 98 valence electrons. The van der Waals surface area contributed by atoms with E-state index in [-0.39, 0.29) is 0 Å². The Kier molecular flexibility index (Phi) is 3.75. The van der Waals surface area contributed by atoms with Crippen molar-refractivity contribution in [3.05, 3.63) is 22.4 Å². The number of nitrogens with two attached hydrogens (primary N) is 2. The maximum absolute atomic E-state index is 13.6. The number of nitrogen functional groups attached to an aromatic ring is 1. The first-order chi connectivity index (χ1) is 8.50. The van der Waals surface area contributed by atoms with E-state index in [0.29, 0.717) is 28.8 Å². The van der Waals surface area contributed by atoms with Crippen LogP contribution < -0.4 is 16.4 Å². The van der Waals surface area contributed by atoms with Gasteiger partial charge in [0.1, 0.15) is 11.9 Å². The summed E-state index contributed by atoms with van der Waals surface area (Å²) >= 11 is 3.08. The molecule has 6 heteroatoms. The fourth-order valence-electron chi connectivity index (χ4n) is 2.32. The Morgan fingerprint density at radius 3 is 2.83 bits per heavy atom. The molecule has 1 fully saturated rings. The average Bonchev–Trinajstić information content (AvgIpc) is 2.34. The highest BCUT2D eigenvalue weighted by atomic mass is 79.9. The summed E-state index contributed by atoms with van der Waals surface area (Å²) in [7, 11) is 0. The van der Waals surface area contributed by atoms with Crippen molar-refractivity contribution in [1.82, 2.24) is 0 Å². The van der Waals surface area contributed by atoms with E-state index in [4.69, 9.17) is 11.5 Å². The number of halogens is 2. The van der Waals surface area contributed by atoms with Crippen molar-refractivity contribution >= 4 is 33.2 Å². The van der Waals surface area contributed by atoms with Gasteiger partial charge in [-0.1, -0.05) is 0 Å². The van der Waals surface area contributed by atoms with Crippen molar-refractivity contribution in [2.45, 2.75) is 25.3 Å². The second-order valence-electron chi connectivity index (χ2n) is 4.43.